The van der Waals surface area contributed by atoms with Crippen LogP contribution in [0.1, 0.15) is 267 Å². The topological polar surface area (TPSA) is 26.3 Å². The van der Waals surface area contributed by atoms with Crippen molar-refractivity contribution in [2.45, 2.75) is 267 Å². The van der Waals surface area contributed by atoms with Crippen molar-refractivity contribution in [3.63, 3.8) is 0 Å². The van der Waals surface area contributed by atoms with Gasteiger partial charge >= 0.3 is 5.97 Å². The number of hydrogen-bond donors (Lipinski definition) is 0. The molecule has 48 heavy (non-hydrogen) atoms. The minimum atomic E-state index is -0.258. The molecule has 0 N–H and O–H groups in total. The van der Waals surface area contributed by atoms with E-state index in [1.54, 1.807) is 0 Å². The molecule has 0 saturated carbocycles. The molecule has 0 saturated heterocycles. The molecule has 1 unspecified atom stereocenters. The van der Waals surface area contributed by atoms with Crippen LogP contribution in [0.2, 0.25) is 0 Å². The number of carbonyl (C=O) groups excluding carboxylic acids is 1. The van der Waals surface area contributed by atoms with Crippen LogP contribution in [0.4, 0.5) is 0 Å². The average Bonchev–Trinajstić information content (AvgIpc) is 3.09. The summed E-state index contributed by atoms with van der Waals surface area (Å²) in [6.07, 6.45) is 45.0. The second-order valence-corrected chi connectivity index (χ2v) is 16.2. The van der Waals surface area contributed by atoms with Crippen molar-refractivity contribution in [3.05, 3.63) is 0 Å². The normalized spacial score (nSPS) is 12.9. The number of rotatable bonds is 38. The van der Waals surface area contributed by atoms with E-state index in [9.17, 15) is 4.79 Å². The van der Waals surface area contributed by atoms with Gasteiger partial charge in [-0.3, -0.25) is 4.79 Å². The Kier molecular flexibility index (Phi) is 33.2. The van der Waals surface area contributed by atoms with E-state index in [1.807, 2.05) is 6.92 Å². The van der Waals surface area contributed by atoms with Gasteiger partial charge in [0.2, 0.25) is 0 Å². The number of hydrogen-bond acceptors (Lipinski definition) is 2. The molecule has 0 heterocycles. The molecule has 1 atom stereocenters. The van der Waals surface area contributed by atoms with E-state index >= 15 is 0 Å². The van der Waals surface area contributed by atoms with Crippen molar-refractivity contribution in [2.24, 2.45) is 16.7 Å². The summed E-state index contributed by atoms with van der Waals surface area (Å²) in [6.45, 7) is 16.5. The first-order chi connectivity index (χ1) is 23.5. The predicted octanol–water partition coefficient (Wildman–Crippen LogP) is 16.5. The number of carbonyl (C=O) groups is 1. The first-order valence-electron chi connectivity index (χ1n) is 22.6. The van der Waals surface area contributed by atoms with Crippen molar-refractivity contribution in [1.82, 2.24) is 0 Å². The zero-order valence-electron chi connectivity index (χ0n) is 34.6. The molecule has 0 fully saturated rings. The van der Waals surface area contributed by atoms with Gasteiger partial charge in [-0.25, -0.2) is 0 Å². The molecule has 2 nitrogen and oxygen atoms in total. The highest BCUT2D eigenvalue weighted by atomic mass is 16.5. The van der Waals surface area contributed by atoms with Gasteiger partial charge in [-0.1, -0.05) is 208 Å². The molecular formula is C46H92O2. The number of esters is 1. The molecule has 0 aliphatic carbocycles. The Hall–Kier alpha value is -0.530. The Bertz CT molecular complexity index is 626. The Labute approximate surface area is 304 Å². The minimum Gasteiger partial charge on any atom is -0.466 e. The van der Waals surface area contributed by atoms with E-state index in [-0.39, 0.29) is 11.4 Å². The van der Waals surface area contributed by atoms with E-state index in [1.165, 1.54) is 199 Å². The molecule has 0 aromatic carbocycles. The molecule has 0 amide bonds. The van der Waals surface area contributed by atoms with Crippen molar-refractivity contribution in [1.29, 1.82) is 0 Å². The molecule has 0 spiro atoms. The van der Waals surface area contributed by atoms with Crippen molar-refractivity contribution >= 4 is 5.97 Å². The number of ether oxygens (including phenoxy) is 1. The van der Waals surface area contributed by atoms with Gasteiger partial charge in [0.15, 0.2) is 0 Å². The summed E-state index contributed by atoms with van der Waals surface area (Å²) in [7, 11) is 0. The standard InChI is InChI=1S/C46H92O2/c1-8-15-21-27-35-43(45(37-29-22-16-9-2,38-30-23-17-10-3)39-31-24-18-11-4)36-28-34-42-46(44(47)48-14-7,40-32-25-19-12-5)41-33-26-20-13-6/h43H,8-42H2,1-7H3. The third kappa shape index (κ3) is 22.3. The van der Waals surface area contributed by atoms with Crippen molar-refractivity contribution in [2.75, 3.05) is 6.61 Å². The number of unbranched alkanes of at least 4 members (excludes halogenated alkanes) is 19. The SMILES string of the molecule is CCCCCCC(CCCCC(CCCCCC)(CCCCCC)C(=O)OCC)C(CCCCCC)(CCCCCC)CCCCCC. The molecule has 0 aliphatic heterocycles. The van der Waals surface area contributed by atoms with Crippen LogP contribution >= 0.6 is 0 Å². The van der Waals surface area contributed by atoms with Gasteiger partial charge in [0.25, 0.3) is 0 Å². The van der Waals surface area contributed by atoms with Crippen LogP contribution in [0.3, 0.4) is 0 Å². The Morgan fingerprint density at radius 2 is 0.688 bits per heavy atom. The fourth-order valence-corrected chi connectivity index (χ4v) is 8.87. The van der Waals surface area contributed by atoms with Crippen LogP contribution in [-0.2, 0) is 9.53 Å². The van der Waals surface area contributed by atoms with E-state index in [0.717, 1.165) is 25.2 Å². The van der Waals surface area contributed by atoms with E-state index in [4.69, 9.17) is 4.74 Å². The maximum atomic E-state index is 13.8. The molecule has 0 aliphatic rings. The molecule has 2 heteroatoms. The zero-order valence-corrected chi connectivity index (χ0v) is 34.6. The molecule has 0 rings (SSSR count). The van der Waals surface area contributed by atoms with Crippen LogP contribution in [-0.4, -0.2) is 12.6 Å². The lowest BCUT2D eigenvalue weighted by Crippen LogP contribution is -2.34. The Morgan fingerprint density at radius 3 is 1.02 bits per heavy atom. The highest BCUT2D eigenvalue weighted by molar-refractivity contribution is 5.76. The fourth-order valence-electron chi connectivity index (χ4n) is 8.87. The maximum absolute atomic E-state index is 13.8. The summed E-state index contributed by atoms with van der Waals surface area (Å²) >= 11 is 0. The third-order valence-electron chi connectivity index (χ3n) is 12.0. The lowest BCUT2D eigenvalue weighted by Gasteiger charge is -2.43. The van der Waals surface area contributed by atoms with Gasteiger partial charge in [-0.05, 0) is 69.6 Å². The summed E-state index contributed by atoms with van der Waals surface area (Å²) in [5.41, 5.74) is 0.269. The van der Waals surface area contributed by atoms with Gasteiger partial charge in [0, 0.05) is 0 Å². The largest absolute Gasteiger partial charge is 0.466 e. The summed E-state index contributed by atoms with van der Waals surface area (Å²) in [5.74, 6) is 0.983. The van der Waals surface area contributed by atoms with Gasteiger partial charge < -0.3 is 4.74 Å². The zero-order chi connectivity index (χ0) is 35.6. The molecule has 288 valence electrons. The van der Waals surface area contributed by atoms with Gasteiger partial charge in [0.05, 0.1) is 12.0 Å². The van der Waals surface area contributed by atoms with E-state index < -0.39 is 0 Å². The van der Waals surface area contributed by atoms with Gasteiger partial charge in [0.1, 0.15) is 0 Å². The predicted molar refractivity (Wildman–Crippen MR) is 216 cm³/mol. The molecule has 0 bridgehead atoms. The lowest BCUT2D eigenvalue weighted by molar-refractivity contribution is -0.157. The quantitative estimate of drug-likeness (QED) is 0.0480. The summed E-state index contributed by atoms with van der Waals surface area (Å²) in [6, 6.07) is 0. The first-order valence-corrected chi connectivity index (χ1v) is 22.6. The Balaban J connectivity index is 6.16. The molecular weight excluding hydrogens is 585 g/mol. The first kappa shape index (κ1) is 47.5. The van der Waals surface area contributed by atoms with Gasteiger partial charge in [-0.15, -0.1) is 0 Å². The van der Waals surface area contributed by atoms with E-state index in [2.05, 4.69) is 41.5 Å². The second-order valence-electron chi connectivity index (χ2n) is 16.2. The van der Waals surface area contributed by atoms with Crippen molar-refractivity contribution in [3.8, 4) is 0 Å². The van der Waals surface area contributed by atoms with Crippen LogP contribution in [0.15, 0.2) is 0 Å². The smallest absolute Gasteiger partial charge is 0.312 e. The second kappa shape index (κ2) is 33.6. The van der Waals surface area contributed by atoms with Crippen molar-refractivity contribution < 1.29 is 9.53 Å². The average molecular weight is 677 g/mol. The highest BCUT2D eigenvalue weighted by Crippen LogP contribution is 2.49. The summed E-state index contributed by atoms with van der Waals surface area (Å²) in [5, 5.41) is 0. The fraction of sp³-hybridized carbons (Fsp3) is 0.978. The lowest BCUT2D eigenvalue weighted by atomic mass is 9.62. The minimum absolute atomic E-state index is 0.131. The van der Waals surface area contributed by atoms with Crippen LogP contribution in [0.25, 0.3) is 0 Å². The third-order valence-corrected chi connectivity index (χ3v) is 12.0. The maximum Gasteiger partial charge on any atom is 0.312 e. The molecule has 0 radical (unpaired) electrons. The van der Waals surface area contributed by atoms with Gasteiger partial charge in [-0.2, -0.15) is 0 Å². The molecule has 0 aromatic rings. The summed E-state index contributed by atoms with van der Waals surface area (Å²) in [4.78, 5) is 13.8. The van der Waals surface area contributed by atoms with Crippen LogP contribution in [0.5, 0.6) is 0 Å². The highest BCUT2D eigenvalue weighted by Gasteiger charge is 2.39. The Morgan fingerprint density at radius 1 is 0.396 bits per heavy atom. The monoisotopic (exact) mass is 677 g/mol. The molecule has 0 aromatic heterocycles. The van der Waals surface area contributed by atoms with E-state index in [0.29, 0.717) is 12.0 Å². The summed E-state index contributed by atoms with van der Waals surface area (Å²) < 4.78 is 5.88. The van der Waals surface area contributed by atoms with Crippen LogP contribution in [0, 0.1) is 16.7 Å². The van der Waals surface area contributed by atoms with Crippen LogP contribution < -0.4 is 0 Å².